The smallest absolute Gasteiger partial charge is 0.142 e. The maximum atomic E-state index is 13.2. The number of hydrogen-bond donors (Lipinski definition) is 1. The van der Waals surface area contributed by atoms with Crippen LogP contribution in [0.3, 0.4) is 0 Å². The fourth-order valence-corrected chi connectivity index (χ4v) is 3.13. The molecule has 1 unspecified atom stereocenters. The number of halogens is 3. The number of rotatable bonds is 3. The Bertz CT molecular complexity index is 529. The van der Waals surface area contributed by atoms with Crippen molar-refractivity contribution >= 4 is 38.9 Å². The predicted octanol–water partition coefficient (Wildman–Crippen LogP) is 4.58. The molecule has 1 aromatic carbocycles. The number of aliphatic hydroxyl groups is 1. The molecule has 0 radical (unpaired) electrons. The summed E-state index contributed by atoms with van der Waals surface area (Å²) in [6.45, 7) is 0. The lowest BCUT2D eigenvalue weighted by Gasteiger charge is -2.10. The lowest BCUT2D eigenvalue weighted by molar-refractivity contribution is 0.179. The summed E-state index contributed by atoms with van der Waals surface area (Å²) < 4.78 is 14.3. The van der Waals surface area contributed by atoms with Crippen LogP contribution in [0.25, 0.3) is 0 Å². The zero-order valence-electron chi connectivity index (χ0n) is 8.66. The van der Waals surface area contributed by atoms with Gasteiger partial charge in [-0.05, 0) is 45.8 Å². The standard InChI is InChI=1S/C12H9BrClFOS/c13-12-4-2-8(17-12)6-11(16)7-1-3-9(14)10(15)5-7/h1-5,11,16H,6H2. The van der Waals surface area contributed by atoms with Crippen LogP contribution in [0.1, 0.15) is 16.5 Å². The van der Waals surface area contributed by atoms with Gasteiger partial charge in [-0.1, -0.05) is 17.7 Å². The Hall–Kier alpha value is -0.420. The molecule has 0 amide bonds. The molecule has 1 nitrogen and oxygen atoms in total. The molecule has 90 valence electrons. The molecule has 2 aromatic rings. The molecule has 5 heteroatoms. The third-order valence-electron chi connectivity index (χ3n) is 2.35. The first kappa shape index (κ1) is 13.0. The van der Waals surface area contributed by atoms with E-state index in [1.807, 2.05) is 12.1 Å². The molecule has 0 aliphatic rings. The van der Waals surface area contributed by atoms with Gasteiger partial charge < -0.3 is 5.11 Å². The lowest BCUT2D eigenvalue weighted by atomic mass is 10.1. The van der Waals surface area contributed by atoms with Crippen molar-refractivity contribution < 1.29 is 9.50 Å². The van der Waals surface area contributed by atoms with Crippen LogP contribution in [0.4, 0.5) is 4.39 Å². The van der Waals surface area contributed by atoms with Gasteiger partial charge in [-0.2, -0.15) is 0 Å². The van der Waals surface area contributed by atoms with Crippen LogP contribution in [-0.2, 0) is 6.42 Å². The molecular weight excluding hydrogens is 327 g/mol. The van der Waals surface area contributed by atoms with Crippen molar-refractivity contribution in [3.63, 3.8) is 0 Å². The highest BCUT2D eigenvalue weighted by molar-refractivity contribution is 9.11. The third kappa shape index (κ3) is 3.28. The molecule has 1 aromatic heterocycles. The van der Waals surface area contributed by atoms with E-state index in [2.05, 4.69) is 15.9 Å². The largest absolute Gasteiger partial charge is 0.388 e. The zero-order chi connectivity index (χ0) is 12.4. The van der Waals surface area contributed by atoms with E-state index in [4.69, 9.17) is 11.6 Å². The summed E-state index contributed by atoms with van der Waals surface area (Å²) in [7, 11) is 0. The first-order chi connectivity index (χ1) is 8.06. The van der Waals surface area contributed by atoms with Crippen molar-refractivity contribution in [2.24, 2.45) is 0 Å². The number of thiophene rings is 1. The molecule has 0 fully saturated rings. The average molecular weight is 336 g/mol. The summed E-state index contributed by atoms with van der Waals surface area (Å²) >= 11 is 10.5. The van der Waals surface area contributed by atoms with Crippen molar-refractivity contribution in [3.8, 4) is 0 Å². The monoisotopic (exact) mass is 334 g/mol. The van der Waals surface area contributed by atoms with Crippen molar-refractivity contribution in [2.75, 3.05) is 0 Å². The SMILES string of the molecule is OC(Cc1ccc(Br)s1)c1ccc(Cl)c(F)c1. The van der Waals surface area contributed by atoms with Crippen molar-refractivity contribution in [1.82, 2.24) is 0 Å². The van der Waals surface area contributed by atoms with Crippen molar-refractivity contribution in [1.29, 1.82) is 0 Å². The van der Waals surface area contributed by atoms with Crippen LogP contribution >= 0.6 is 38.9 Å². The highest BCUT2D eigenvalue weighted by atomic mass is 79.9. The predicted molar refractivity (Wildman–Crippen MR) is 72.1 cm³/mol. The van der Waals surface area contributed by atoms with E-state index in [0.717, 1.165) is 8.66 Å². The number of hydrogen-bond acceptors (Lipinski definition) is 2. The van der Waals surface area contributed by atoms with E-state index in [1.165, 1.54) is 12.1 Å². The third-order valence-corrected chi connectivity index (χ3v) is 4.30. The van der Waals surface area contributed by atoms with E-state index in [-0.39, 0.29) is 5.02 Å². The molecule has 1 atom stereocenters. The molecule has 0 spiro atoms. The summed E-state index contributed by atoms with van der Waals surface area (Å²) in [6, 6.07) is 8.23. The normalized spacial score (nSPS) is 12.7. The molecule has 2 rings (SSSR count). The second-order valence-electron chi connectivity index (χ2n) is 3.60. The van der Waals surface area contributed by atoms with Crippen molar-refractivity contribution in [2.45, 2.75) is 12.5 Å². The second kappa shape index (κ2) is 5.48. The number of benzene rings is 1. The van der Waals surface area contributed by atoms with Crippen LogP contribution in [0.15, 0.2) is 34.1 Å². The van der Waals surface area contributed by atoms with Gasteiger partial charge >= 0.3 is 0 Å². The minimum atomic E-state index is -0.715. The van der Waals surface area contributed by atoms with E-state index in [0.29, 0.717) is 12.0 Å². The Morgan fingerprint density at radius 2 is 2.12 bits per heavy atom. The molecule has 0 saturated heterocycles. The Kier molecular flexibility index (Phi) is 4.20. The van der Waals surface area contributed by atoms with E-state index in [9.17, 15) is 9.50 Å². The van der Waals surface area contributed by atoms with Crippen LogP contribution in [-0.4, -0.2) is 5.11 Å². The van der Waals surface area contributed by atoms with Gasteiger partial charge in [0.05, 0.1) is 14.9 Å². The van der Waals surface area contributed by atoms with Gasteiger partial charge in [0.2, 0.25) is 0 Å². The van der Waals surface area contributed by atoms with E-state index >= 15 is 0 Å². The average Bonchev–Trinajstić information content (AvgIpc) is 2.68. The summed E-state index contributed by atoms with van der Waals surface area (Å²) in [5.41, 5.74) is 0.538. The van der Waals surface area contributed by atoms with Gasteiger partial charge in [0.1, 0.15) is 5.82 Å². The Morgan fingerprint density at radius 3 is 2.71 bits per heavy atom. The minimum absolute atomic E-state index is 0.0693. The molecule has 0 saturated carbocycles. The first-order valence-electron chi connectivity index (χ1n) is 4.93. The topological polar surface area (TPSA) is 20.2 Å². The van der Waals surface area contributed by atoms with Gasteiger partial charge in [0.15, 0.2) is 0 Å². The minimum Gasteiger partial charge on any atom is -0.388 e. The number of aliphatic hydroxyl groups excluding tert-OH is 1. The maximum Gasteiger partial charge on any atom is 0.142 e. The lowest BCUT2D eigenvalue weighted by Crippen LogP contribution is -2.01. The summed E-state index contributed by atoms with van der Waals surface area (Å²) in [6.07, 6.45) is -0.246. The van der Waals surface area contributed by atoms with Gasteiger partial charge in [-0.15, -0.1) is 11.3 Å². The maximum absolute atomic E-state index is 13.2. The summed E-state index contributed by atoms with van der Waals surface area (Å²) in [4.78, 5) is 1.04. The molecule has 0 bridgehead atoms. The molecular formula is C12H9BrClFOS. The van der Waals surface area contributed by atoms with Crippen LogP contribution in [0, 0.1) is 5.82 Å². The van der Waals surface area contributed by atoms with Crippen LogP contribution in [0.5, 0.6) is 0 Å². The second-order valence-corrected chi connectivity index (χ2v) is 6.55. The van der Waals surface area contributed by atoms with Crippen molar-refractivity contribution in [3.05, 3.63) is 55.4 Å². The highest BCUT2D eigenvalue weighted by Crippen LogP contribution is 2.28. The Labute approximate surface area is 116 Å². The van der Waals surface area contributed by atoms with Gasteiger partial charge in [-0.3, -0.25) is 0 Å². The molecule has 1 N–H and O–H groups in total. The van der Waals surface area contributed by atoms with Crippen LogP contribution < -0.4 is 0 Å². The van der Waals surface area contributed by atoms with Gasteiger partial charge in [0.25, 0.3) is 0 Å². The Morgan fingerprint density at radius 1 is 1.35 bits per heavy atom. The summed E-state index contributed by atoms with van der Waals surface area (Å²) in [5, 5.41) is 10.0. The fourth-order valence-electron chi connectivity index (χ4n) is 1.49. The summed E-state index contributed by atoms with van der Waals surface area (Å²) in [5.74, 6) is -0.504. The Balaban J connectivity index is 2.14. The first-order valence-corrected chi connectivity index (χ1v) is 6.92. The molecule has 17 heavy (non-hydrogen) atoms. The molecule has 1 heterocycles. The quantitative estimate of drug-likeness (QED) is 0.870. The molecule has 0 aliphatic carbocycles. The van der Waals surface area contributed by atoms with Crippen LogP contribution in [0.2, 0.25) is 5.02 Å². The highest BCUT2D eigenvalue weighted by Gasteiger charge is 2.12. The fraction of sp³-hybridized carbons (Fsp3) is 0.167. The van der Waals surface area contributed by atoms with E-state index < -0.39 is 11.9 Å². The van der Waals surface area contributed by atoms with Gasteiger partial charge in [0, 0.05) is 11.3 Å². The van der Waals surface area contributed by atoms with E-state index in [1.54, 1.807) is 17.4 Å². The van der Waals surface area contributed by atoms with Gasteiger partial charge in [-0.25, -0.2) is 4.39 Å². The zero-order valence-corrected chi connectivity index (χ0v) is 11.8. The molecule has 0 aliphatic heterocycles.